The van der Waals surface area contributed by atoms with E-state index in [1.165, 1.54) is 18.7 Å². The highest BCUT2D eigenvalue weighted by molar-refractivity contribution is 7.99. The van der Waals surface area contributed by atoms with Gasteiger partial charge in [0.15, 0.2) is 11.6 Å². The lowest BCUT2D eigenvalue weighted by molar-refractivity contribution is 0.101. The molecule has 0 radical (unpaired) electrons. The van der Waals surface area contributed by atoms with Crippen LogP contribution >= 0.6 is 23.4 Å². The average molecular weight is 404 g/mol. The molecule has 0 aliphatic heterocycles. The number of hydrogen-bond acceptors (Lipinski definition) is 6. The van der Waals surface area contributed by atoms with E-state index in [1.54, 1.807) is 37.4 Å². The maximum atomic E-state index is 11.6. The second-order valence-electron chi connectivity index (χ2n) is 5.56. The maximum Gasteiger partial charge on any atom is 0.208 e. The van der Waals surface area contributed by atoms with Crippen LogP contribution in [-0.4, -0.2) is 40.4 Å². The molecule has 3 aromatic rings. The molecule has 1 heterocycles. The normalized spacial score (nSPS) is 10.6. The maximum absolute atomic E-state index is 11.6. The number of methoxy groups -OCH3 is 1. The van der Waals surface area contributed by atoms with E-state index in [-0.39, 0.29) is 5.78 Å². The van der Waals surface area contributed by atoms with Gasteiger partial charge in [-0.1, -0.05) is 35.5 Å². The first kappa shape index (κ1) is 19.3. The lowest BCUT2D eigenvalue weighted by atomic mass is 10.1. The number of aromatic amines is 1. The Kier molecular flexibility index (Phi) is 6.36. The van der Waals surface area contributed by atoms with Gasteiger partial charge in [0.2, 0.25) is 5.16 Å². The zero-order valence-electron chi connectivity index (χ0n) is 14.9. The van der Waals surface area contributed by atoms with Gasteiger partial charge in [-0.3, -0.25) is 9.89 Å². The third kappa shape index (κ3) is 4.81. The van der Waals surface area contributed by atoms with Crippen molar-refractivity contribution in [2.45, 2.75) is 12.1 Å². The van der Waals surface area contributed by atoms with Crippen molar-refractivity contribution in [3.8, 4) is 22.9 Å². The summed E-state index contributed by atoms with van der Waals surface area (Å²) in [5.74, 6) is 2.45. The van der Waals surface area contributed by atoms with Crippen molar-refractivity contribution in [2.75, 3.05) is 19.5 Å². The van der Waals surface area contributed by atoms with Crippen molar-refractivity contribution in [1.82, 2.24) is 15.2 Å². The van der Waals surface area contributed by atoms with Crippen molar-refractivity contribution < 1.29 is 14.3 Å². The van der Waals surface area contributed by atoms with Gasteiger partial charge in [0, 0.05) is 10.8 Å². The first-order valence-corrected chi connectivity index (χ1v) is 9.56. The number of Topliss-reactive ketones (excluding diaryl/α,β-unsaturated/α-hetero) is 1. The number of halogens is 1. The molecule has 6 nitrogen and oxygen atoms in total. The molecule has 1 N–H and O–H groups in total. The fourth-order valence-electron chi connectivity index (χ4n) is 2.46. The number of hydrogen-bond donors (Lipinski definition) is 1. The van der Waals surface area contributed by atoms with Crippen molar-refractivity contribution >= 4 is 29.1 Å². The number of para-hydroxylation sites is 1. The molecular weight excluding hydrogens is 386 g/mol. The molecule has 0 fully saturated rings. The van der Waals surface area contributed by atoms with Crippen LogP contribution in [0.5, 0.6) is 11.5 Å². The first-order valence-electron chi connectivity index (χ1n) is 8.20. The SMILES string of the molecule is COc1ccc(Cl)cc1-c1nc(SCCOc2ccccc2C(C)=O)n[nH]1. The van der Waals surface area contributed by atoms with Crippen molar-refractivity contribution in [3.63, 3.8) is 0 Å². The zero-order valence-corrected chi connectivity index (χ0v) is 16.4. The predicted octanol–water partition coefficient (Wildman–Crippen LogP) is 4.51. The molecule has 0 aliphatic carbocycles. The molecule has 0 saturated heterocycles. The molecular formula is C19H18ClN3O3S. The molecule has 2 aromatic carbocycles. The highest BCUT2D eigenvalue weighted by Crippen LogP contribution is 2.31. The third-order valence-electron chi connectivity index (χ3n) is 3.72. The summed E-state index contributed by atoms with van der Waals surface area (Å²) in [5.41, 5.74) is 1.33. The summed E-state index contributed by atoms with van der Waals surface area (Å²) < 4.78 is 11.1. The molecule has 8 heteroatoms. The van der Waals surface area contributed by atoms with Crippen molar-refractivity contribution in [3.05, 3.63) is 53.1 Å². The minimum Gasteiger partial charge on any atom is -0.496 e. The van der Waals surface area contributed by atoms with Gasteiger partial charge in [0.1, 0.15) is 11.5 Å². The number of nitrogens with one attached hydrogen (secondary N) is 1. The van der Waals surface area contributed by atoms with E-state index < -0.39 is 0 Å². The zero-order chi connectivity index (χ0) is 19.2. The second-order valence-corrected chi connectivity index (χ2v) is 7.06. The standard InChI is InChI=1S/C19H18ClN3O3S/c1-12(24)14-5-3-4-6-17(14)26-9-10-27-19-21-18(22-23-19)15-11-13(20)7-8-16(15)25-2/h3-8,11H,9-10H2,1-2H3,(H,21,22,23). The van der Waals surface area contributed by atoms with E-state index in [9.17, 15) is 4.79 Å². The predicted molar refractivity (Wildman–Crippen MR) is 106 cm³/mol. The van der Waals surface area contributed by atoms with E-state index >= 15 is 0 Å². The van der Waals surface area contributed by atoms with Gasteiger partial charge in [0.25, 0.3) is 0 Å². The molecule has 0 unspecified atom stereocenters. The number of thioether (sulfide) groups is 1. The Hall–Kier alpha value is -2.51. The van der Waals surface area contributed by atoms with Crippen LogP contribution in [0.3, 0.4) is 0 Å². The van der Waals surface area contributed by atoms with Crippen LogP contribution in [-0.2, 0) is 0 Å². The molecule has 0 amide bonds. The number of aromatic nitrogens is 3. The minimum absolute atomic E-state index is 0.0210. The van der Waals surface area contributed by atoms with E-state index in [1.807, 2.05) is 12.1 Å². The molecule has 0 aliphatic rings. The lowest BCUT2D eigenvalue weighted by Gasteiger charge is -2.08. The number of ether oxygens (including phenoxy) is 2. The largest absolute Gasteiger partial charge is 0.496 e. The number of rotatable bonds is 8. The Morgan fingerprint density at radius 2 is 2.04 bits per heavy atom. The third-order valence-corrected chi connectivity index (χ3v) is 4.77. The average Bonchev–Trinajstić information content (AvgIpc) is 3.14. The Labute approximate surface area is 166 Å². The molecule has 27 heavy (non-hydrogen) atoms. The summed E-state index contributed by atoms with van der Waals surface area (Å²) in [6, 6.07) is 12.5. The van der Waals surface area contributed by atoms with E-state index in [0.717, 1.165) is 5.56 Å². The summed E-state index contributed by atoms with van der Waals surface area (Å²) in [6.45, 7) is 1.95. The smallest absolute Gasteiger partial charge is 0.208 e. The van der Waals surface area contributed by atoms with Gasteiger partial charge in [-0.25, -0.2) is 4.98 Å². The molecule has 0 spiro atoms. The van der Waals surface area contributed by atoms with Gasteiger partial charge in [0.05, 0.1) is 24.8 Å². The monoisotopic (exact) mass is 403 g/mol. The molecule has 140 valence electrons. The van der Waals surface area contributed by atoms with Gasteiger partial charge in [-0.15, -0.1) is 5.10 Å². The van der Waals surface area contributed by atoms with Crippen LogP contribution in [0, 0.1) is 0 Å². The summed E-state index contributed by atoms with van der Waals surface area (Å²) in [5, 5.41) is 8.29. The minimum atomic E-state index is -0.0210. The fourth-order valence-corrected chi connectivity index (χ4v) is 3.25. The Balaban J connectivity index is 1.60. The second kappa shape index (κ2) is 8.92. The molecule has 0 saturated carbocycles. The fraction of sp³-hybridized carbons (Fsp3) is 0.211. The number of ketones is 1. The van der Waals surface area contributed by atoms with Crippen LogP contribution < -0.4 is 9.47 Å². The van der Waals surface area contributed by atoms with E-state index in [4.69, 9.17) is 21.1 Å². The molecule has 0 atom stereocenters. The topological polar surface area (TPSA) is 77.1 Å². The van der Waals surface area contributed by atoms with Crippen LogP contribution in [0.25, 0.3) is 11.4 Å². The Bertz CT molecular complexity index is 945. The van der Waals surface area contributed by atoms with E-state index in [0.29, 0.717) is 45.4 Å². The van der Waals surface area contributed by atoms with Gasteiger partial charge in [-0.05, 0) is 37.3 Å². The Morgan fingerprint density at radius 1 is 1.22 bits per heavy atom. The van der Waals surface area contributed by atoms with Gasteiger partial charge < -0.3 is 9.47 Å². The number of carbonyl (C=O) groups is 1. The molecule has 0 bridgehead atoms. The number of nitrogens with zero attached hydrogens (tertiary/aromatic N) is 2. The summed E-state index contributed by atoms with van der Waals surface area (Å²) in [4.78, 5) is 16.1. The van der Waals surface area contributed by atoms with Crippen LogP contribution in [0.15, 0.2) is 47.6 Å². The van der Waals surface area contributed by atoms with Crippen molar-refractivity contribution in [2.24, 2.45) is 0 Å². The lowest BCUT2D eigenvalue weighted by Crippen LogP contribution is -2.04. The van der Waals surface area contributed by atoms with Crippen molar-refractivity contribution in [1.29, 1.82) is 0 Å². The molecule has 3 rings (SSSR count). The van der Waals surface area contributed by atoms with E-state index in [2.05, 4.69) is 15.2 Å². The summed E-state index contributed by atoms with van der Waals surface area (Å²) in [6.07, 6.45) is 0. The Morgan fingerprint density at radius 3 is 2.81 bits per heavy atom. The van der Waals surface area contributed by atoms with Gasteiger partial charge in [-0.2, -0.15) is 0 Å². The first-order chi connectivity index (χ1) is 13.1. The quantitative estimate of drug-likeness (QED) is 0.339. The number of carbonyl (C=O) groups excluding carboxylic acids is 1. The highest BCUT2D eigenvalue weighted by Gasteiger charge is 2.12. The highest BCUT2D eigenvalue weighted by atomic mass is 35.5. The summed E-state index contributed by atoms with van der Waals surface area (Å²) in [7, 11) is 1.59. The van der Waals surface area contributed by atoms with Crippen LogP contribution in [0.1, 0.15) is 17.3 Å². The number of benzene rings is 2. The van der Waals surface area contributed by atoms with Crippen LogP contribution in [0.2, 0.25) is 5.02 Å². The molecule has 1 aromatic heterocycles. The van der Waals surface area contributed by atoms with Gasteiger partial charge >= 0.3 is 0 Å². The number of H-pyrrole nitrogens is 1. The summed E-state index contributed by atoms with van der Waals surface area (Å²) >= 11 is 7.51. The van der Waals surface area contributed by atoms with Crippen LogP contribution in [0.4, 0.5) is 0 Å².